The molecule has 1 aliphatic heterocycles. The van der Waals surface area contributed by atoms with E-state index >= 15 is 0 Å². The Hall–Kier alpha value is -0.570. The van der Waals surface area contributed by atoms with Crippen LogP contribution in [0.15, 0.2) is 22.9 Å². The molecule has 15 heavy (non-hydrogen) atoms. The zero-order chi connectivity index (χ0) is 11.1. The van der Waals surface area contributed by atoms with Crippen LogP contribution in [-0.4, -0.2) is 18.1 Å². The van der Waals surface area contributed by atoms with Crippen molar-refractivity contribution >= 4 is 21.6 Å². The Morgan fingerprint density at radius 1 is 1.40 bits per heavy atom. The van der Waals surface area contributed by atoms with E-state index in [-0.39, 0.29) is 0 Å². The zero-order valence-electron chi connectivity index (χ0n) is 9.50. The number of halogens is 1. The van der Waals surface area contributed by atoms with Gasteiger partial charge < -0.3 is 4.90 Å². The van der Waals surface area contributed by atoms with Crippen LogP contribution in [0.25, 0.3) is 0 Å². The average molecular weight is 269 g/mol. The lowest BCUT2D eigenvalue weighted by atomic mass is 9.76. The molecule has 1 aromatic rings. The topological polar surface area (TPSA) is 16.1 Å². The SMILES string of the molecule is CC(C)(C)C1CN(c2ccncc2Br)C1. The molecule has 82 valence electrons. The Balaban J connectivity index is 2.04. The number of pyridine rings is 1. The normalized spacial score (nSPS) is 17.7. The van der Waals surface area contributed by atoms with E-state index in [4.69, 9.17) is 0 Å². The summed E-state index contributed by atoms with van der Waals surface area (Å²) in [7, 11) is 0. The molecule has 0 saturated carbocycles. The van der Waals surface area contributed by atoms with Crippen molar-refractivity contribution < 1.29 is 0 Å². The third-order valence-corrected chi connectivity index (χ3v) is 3.81. The largest absolute Gasteiger partial charge is 0.370 e. The van der Waals surface area contributed by atoms with Gasteiger partial charge in [-0.3, -0.25) is 4.98 Å². The van der Waals surface area contributed by atoms with Crippen molar-refractivity contribution in [2.24, 2.45) is 11.3 Å². The van der Waals surface area contributed by atoms with Crippen LogP contribution in [0.5, 0.6) is 0 Å². The summed E-state index contributed by atoms with van der Waals surface area (Å²) in [6.07, 6.45) is 3.71. The van der Waals surface area contributed by atoms with Crippen LogP contribution in [0.1, 0.15) is 20.8 Å². The predicted octanol–water partition coefficient (Wildman–Crippen LogP) is 3.33. The summed E-state index contributed by atoms with van der Waals surface area (Å²) in [6.45, 7) is 9.27. The van der Waals surface area contributed by atoms with Gasteiger partial charge in [0, 0.05) is 25.5 Å². The number of aromatic nitrogens is 1. The smallest absolute Gasteiger partial charge is 0.0592 e. The van der Waals surface area contributed by atoms with Gasteiger partial charge >= 0.3 is 0 Å². The number of anilines is 1. The van der Waals surface area contributed by atoms with Gasteiger partial charge in [0.2, 0.25) is 0 Å². The van der Waals surface area contributed by atoms with Gasteiger partial charge in [-0.05, 0) is 33.3 Å². The van der Waals surface area contributed by atoms with Crippen LogP contribution < -0.4 is 4.90 Å². The fraction of sp³-hybridized carbons (Fsp3) is 0.583. The molecule has 1 fully saturated rings. The molecule has 2 heterocycles. The molecule has 0 aliphatic carbocycles. The van der Waals surface area contributed by atoms with Crippen molar-refractivity contribution in [2.45, 2.75) is 20.8 Å². The van der Waals surface area contributed by atoms with Crippen molar-refractivity contribution in [2.75, 3.05) is 18.0 Å². The average Bonchev–Trinajstić information content (AvgIpc) is 2.03. The Kier molecular flexibility index (Phi) is 2.75. The van der Waals surface area contributed by atoms with Gasteiger partial charge in [-0.2, -0.15) is 0 Å². The van der Waals surface area contributed by atoms with Crippen molar-refractivity contribution in [3.8, 4) is 0 Å². The van der Waals surface area contributed by atoms with E-state index in [1.165, 1.54) is 5.69 Å². The molecule has 0 N–H and O–H groups in total. The fourth-order valence-corrected chi connectivity index (χ4v) is 2.35. The minimum Gasteiger partial charge on any atom is -0.370 e. The molecule has 0 unspecified atom stereocenters. The van der Waals surface area contributed by atoms with Gasteiger partial charge in [0.25, 0.3) is 0 Å². The fourth-order valence-electron chi connectivity index (χ4n) is 1.85. The van der Waals surface area contributed by atoms with Gasteiger partial charge in [-0.15, -0.1) is 0 Å². The first kappa shape index (κ1) is 10.9. The number of hydrogen-bond donors (Lipinski definition) is 0. The Labute approximate surface area is 99.8 Å². The van der Waals surface area contributed by atoms with E-state index in [0.717, 1.165) is 23.5 Å². The van der Waals surface area contributed by atoms with E-state index in [2.05, 4.69) is 52.7 Å². The molecule has 0 amide bonds. The van der Waals surface area contributed by atoms with Crippen molar-refractivity contribution in [3.63, 3.8) is 0 Å². The second-order valence-corrected chi connectivity index (χ2v) is 6.15. The van der Waals surface area contributed by atoms with Crippen LogP contribution in [0.4, 0.5) is 5.69 Å². The molecule has 0 bridgehead atoms. The second-order valence-electron chi connectivity index (χ2n) is 5.30. The van der Waals surface area contributed by atoms with Gasteiger partial charge in [-0.25, -0.2) is 0 Å². The van der Waals surface area contributed by atoms with Crippen LogP contribution in [0.2, 0.25) is 0 Å². The Bertz CT molecular complexity index is 351. The van der Waals surface area contributed by atoms with Crippen LogP contribution in [0, 0.1) is 11.3 Å². The molecule has 3 heteroatoms. The third-order valence-electron chi connectivity index (χ3n) is 3.20. The number of rotatable bonds is 1. The highest BCUT2D eigenvalue weighted by atomic mass is 79.9. The van der Waals surface area contributed by atoms with E-state index in [0.29, 0.717) is 5.41 Å². The first-order valence-electron chi connectivity index (χ1n) is 5.33. The maximum atomic E-state index is 4.08. The van der Waals surface area contributed by atoms with Gasteiger partial charge in [-0.1, -0.05) is 20.8 Å². The molecule has 1 saturated heterocycles. The predicted molar refractivity (Wildman–Crippen MR) is 67.1 cm³/mol. The Morgan fingerprint density at radius 3 is 2.60 bits per heavy atom. The van der Waals surface area contributed by atoms with Crippen LogP contribution in [-0.2, 0) is 0 Å². The minimum absolute atomic E-state index is 0.427. The molecule has 0 aromatic carbocycles. The molecule has 1 aliphatic rings. The van der Waals surface area contributed by atoms with Gasteiger partial charge in [0.05, 0.1) is 10.2 Å². The van der Waals surface area contributed by atoms with Crippen molar-refractivity contribution in [1.29, 1.82) is 0 Å². The zero-order valence-corrected chi connectivity index (χ0v) is 11.1. The first-order valence-corrected chi connectivity index (χ1v) is 6.12. The maximum Gasteiger partial charge on any atom is 0.0592 e. The highest BCUT2D eigenvalue weighted by Gasteiger charge is 2.36. The van der Waals surface area contributed by atoms with Crippen molar-refractivity contribution in [3.05, 3.63) is 22.9 Å². The van der Waals surface area contributed by atoms with Crippen molar-refractivity contribution in [1.82, 2.24) is 4.98 Å². The highest BCUT2D eigenvalue weighted by molar-refractivity contribution is 9.10. The third kappa shape index (κ3) is 2.17. The van der Waals surface area contributed by atoms with Crippen LogP contribution in [0.3, 0.4) is 0 Å². The second kappa shape index (κ2) is 3.78. The minimum atomic E-state index is 0.427. The molecular weight excluding hydrogens is 252 g/mol. The van der Waals surface area contributed by atoms with E-state index in [9.17, 15) is 0 Å². The summed E-state index contributed by atoms with van der Waals surface area (Å²) in [5.41, 5.74) is 1.70. The molecule has 2 nitrogen and oxygen atoms in total. The van der Waals surface area contributed by atoms with Gasteiger partial charge in [0.15, 0.2) is 0 Å². The first-order chi connectivity index (χ1) is 6.98. The summed E-state index contributed by atoms with van der Waals surface area (Å²) < 4.78 is 1.09. The molecule has 2 rings (SSSR count). The number of nitrogens with zero attached hydrogens (tertiary/aromatic N) is 2. The highest BCUT2D eigenvalue weighted by Crippen LogP contribution is 2.38. The van der Waals surface area contributed by atoms with E-state index in [1.54, 1.807) is 0 Å². The monoisotopic (exact) mass is 268 g/mol. The molecule has 0 radical (unpaired) electrons. The summed E-state index contributed by atoms with van der Waals surface area (Å²) in [6, 6.07) is 2.07. The lowest BCUT2D eigenvalue weighted by Crippen LogP contribution is -2.52. The van der Waals surface area contributed by atoms with E-state index < -0.39 is 0 Å². The van der Waals surface area contributed by atoms with Crippen LogP contribution >= 0.6 is 15.9 Å². The van der Waals surface area contributed by atoms with Gasteiger partial charge in [0.1, 0.15) is 0 Å². The molecule has 1 aromatic heterocycles. The molecule has 0 atom stereocenters. The summed E-state index contributed by atoms with van der Waals surface area (Å²) >= 11 is 3.54. The lowest BCUT2D eigenvalue weighted by molar-refractivity contribution is 0.195. The Morgan fingerprint density at radius 2 is 2.07 bits per heavy atom. The summed E-state index contributed by atoms with van der Waals surface area (Å²) in [4.78, 5) is 6.48. The van der Waals surface area contributed by atoms with E-state index in [1.807, 2.05) is 12.4 Å². The molecule has 0 spiro atoms. The number of hydrogen-bond acceptors (Lipinski definition) is 2. The standard InChI is InChI=1S/C12H17BrN2/c1-12(2,3)9-7-15(8-9)11-4-5-14-6-10(11)13/h4-6,9H,7-8H2,1-3H3. The lowest BCUT2D eigenvalue weighted by Gasteiger charge is -2.47. The summed E-state index contributed by atoms with van der Waals surface area (Å²) in [5.74, 6) is 0.803. The molecular formula is C12H17BrN2. The summed E-state index contributed by atoms with van der Waals surface area (Å²) in [5, 5.41) is 0. The quantitative estimate of drug-likeness (QED) is 0.777. The maximum absolute atomic E-state index is 4.08.